The van der Waals surface area contributed by atoms with Crippen LogP contribution in [0.5, 0.6) is 5.75 Å². The third-order valence-corrected chi connectivity index (χ3v) is 10.2. The van der Waals surface area contributed by atoms with Gasteiger partial charge >= 0.3 is 0 Å². The second kappa shape index (κ2) is 13.5. The predicted octanol–water partition coefficient (Wildman–Crippen LogP) is 9.94. The minimum atomic E-state index is -0.817. The Bertz CT molecular complexity index is 2830. The standard InChI is InChI=1S/C47H33N3O4/c51-40-26-22-30-12-3-7-16-34(30)44(40)42-32-14-5-1-10-28(32)20-24-36(42)49-46(53)38-18-9-19-39(48-38)47(54)50-37-25-21-29-11-2-6-15-33(29)43(37)45-35-17-8-4-13-31(35)23-27-41(45)52/h1-27,40,44,51-52H,(H,49,53)(H,50,54). The van der Waals surface area contributed by atoms with Gasteiger partial charge in [-0.3, -0.25) is 9.59 Å². The number of carbonyl (C=O) groups excluding carboxylic acids is 2. The Morgan fingerprint density at radius 2 is 1.07 bits per heavy atom. The molecule has 0 aliphatic heterocycles. The molecule has 1 heterocycles. The van der Waals surface area contributed by atoms with Crippen LogP contribution in [0.3, 0.4) is 0 Å². The Balaban J connectivity index is 1.07. The van der Waals surface area contributed by atoms with E-state index in [1.165, 1.54) is 0 Å². The Hall–Kier alpha value is -7.09. The number of carbonyl (C=O) groups is 2. The summed E-state index contributed by atoms with van der Waals surface area (Å²) in [4.78, 5) is 32.5. The van der Waals surface area contributed by atoms with Crippen LogP contribution in [0.15, 0.2) is 158 Å². The quantitative estimate of drug-likeness (QED) is 0.138. The van der Waals surface area contributed by atoms with Crippen molar-refractivity contribution < 1.29 is 19.8 Å². The minimum absolute atomic E-state index is 0.0457. The van der Waals surface area contributed by atoms with Crippen molar-refractivity contribution in [3.63, 3.8) is 0 Å². The van der Waals surface area contributed by atoms with Crippen molar-refractivity contribution in [3.8, 4) is 16.9 Å². The van der Waals surface area contributed by atoms with Crippen molar-refractivity contribution in [1.29, 1.82) is 0 Å². The van der Waals surface area contributed by atoms with E-state index in [9.17, 15) is 19.8 Å². The summed E-state index contributed by atoms with van der Waals surface area (Å²) in [6.07, 6.45) is 2.89. The van der Waals surface area contributed by atoms with E-state index in [0.29, 0.717) is 22.5 Å². The molecular formula is C47H33N3O4. The average molecular weight is 704 g/mol. The molecule has 0 saturated carbocycles. The highest BCUT2D eigenvalue weighted by atomic mass is 16.3. The molecule has 7 nitrogen and oxygen atoms in total. The molecule has 8 aromatic rings. The number of fused-ring (bicyclic) bond motifs is 4. The van der Waals surface area contributed by atoms with Gasteiger partial charge in [-0.1, -0.05) is 133 Å². The number of aromatic nitrogens is 1. The van der Waals surface area contributed by atoms with Crippen LogP contribution in [-0.4, -0.2) is 33.1 Å². The molecule has 1 aromatic heterocycles. The number of nitrogens with one attached hydrogen (secondary N) is 2. The van der Waals surface area contributed by atoms with E-state index in [0.717, 1.165) is 49.0 Å². The number of phenols is 1. The second-order valence-electron chi connectivity index (χ2n) is 13.4. The van der Waals surface area contributed by atoms with Gasteiger partial charge in [-0.05, 0) is 79.3 Å². The van der Waals surface area contributed by atoms with Gasteiger partial charge in [0.1, 0.15) is 17.1 Å². The van der Waals surface area contributed by atoms with E-state index >= 15 is 0 Å². The van der Waals surface area contributed by atoms with Gasteiger partial charge in [0, 0.05) is 28.4 Å². The SMILES string of the molecule is O=C(Nc1ccc2ccccc2c1-c1c(O)ccc2ccccc12)c1cccc(C(=O)Nc2ccc3ccccc3c2C2c3ccccc3C=CC2O)n1. The first kappa shape index (κ1) is 32.8. The summed E-state index contributed by atoms with van der Waals surface area (Å²) >= 11 is 0. The van der Waals surface area contributed by atoms with Gasteiger partial charge < -0.3 is 20.8 Å². The number of aliphatic hydroxyl groups excluding tert-OH is 1. The molecule has 7 aromatic carbocycles. The summed E-state index contributed by atoms with van der Waals surface area (Å²) in [5.74, 6) is -1.36. The summed E-state index contributed by atoms with van der Waals surface area (Å²) in [7, 11) is 0. The van der Waals surface area contributed by atoms with E-state index in [2.05, 4.69) is 15.6 Å². The van der Waals surface area contributed by atoms with Gasteiger partial charge in [-0.2, -0.15) is 0 Å². The summed E-state index contributed by atoms with van der Waals surface area (Å²) in [5, 5.41) is 34.2. The van der Waals surface area contributed by atoms with Gasteiger partial charge in [0.05, 0.1) is 6.10 Å². The number of phenolic OH excluding ortho intramolecular Hbond substituents is 1. The molecule has 0 bridgehead atoms. The number of nitrogens with zero attached hydrogens (tertiary/aromatic N) is 1. The first-order chi connectivity index (χ1) is 26.4. The second-order valence-corrected chi connectivity index (χ2v) is 13.4. The van der Waals surface area contributed by atoms with Gasteiger partial charge in [-0.15, -0.1) is 0 Å². The molecule has 260 valence electrons. The maximum Gasteiger partial charge on any atom is 0.274 e. The van der Waals surface area contributed by atoms with Crippen LogP contribution in [0.25, 0.3) is 49.5 Å². The molecule has 54 heavy (non-hydrogen) atoms. The third-order valence-electron chi connectivity index (χ3n) is 10.2. The number of hydrogen-bond donors (Lipinski definition) is 4. The maximum absolute atomic E-state index is 14.0. The molecule has 2 amide bonds. The van der Waals surface area contributed by atoms with Crippen LogP contribution in [0.1, 0.15) is 43.6 Å². The van der Waals surface area contributed by atoms with Gasteiger partial charge in [-0.25, -0.2) is 4.98 Å². The lowest BCUT2D eigenvalue weighted by atomic mass is 9.78. The van der Waals surface area contributed by atoms with Crippen LogP contribution >= 0.6 is 0 Å². The molecule has 0 radical (unpaired) electrons. The van der Waals surface area contributed by atoms with E-state index in [4.69, 9.17) is 0 Å². The Morgan fingerprint density at radius 1 is 0.537 bits per heavy atom. The number of hydrogen-bond acceptors (Lipinski definition) is 5. The van der Waals surface area contributed by atoms with Crippen LogP contribution in [0, 0.1) is 0 Å². The van der Waals surface area contributed by atoms with E-state index in [1.54, 1.807) is 30.3 Å². The summed E-state index contributed by atoms with van der Waals surface area (Å²) in [6.45, 7) is 0. The Kier molecular flexibility index (Phi) is 8.18. The largest absolute Gasteiger partial charge is 0.507 e. The molecule has 9 rings (SSSR count). The third kappa shape index (κ3) is 5.73. The van der Waals surface area contributed by atoms with E-state index < -0.39 is 23.8 Å². The molecule has 0 spiro atoms. The van der Waals surface area contributed by atoms with E-state index in [-0.39, 0.29) is 17.1 Å². The van der Waals surface area contributed by atoms with Crippen molar-refractivity contribution in [2.75, 3.05) is 10.6 Å². The van der Waals surface area contributed by atoms with Gasteiger partial charge in [0.15, 0.2) is 0 Å². The number of aromatic hydroxyl groups is 1. The monoisotopic (exact) mass is 703 g/mol. The molecular weight excluding hydrogens is 671 g/mol. The molecule has 0 saturated heterocycles. The van der Waals surface area contributed by atoms with Crippen LogP contribution in [-0.2, 0) is 0 Å². The molecule has 4 N–H and O–H groups in total. The number of anilines is 2. The van der Waals surface area contributed by atoms with Crippen molar-refractivity contribution in [2.45, 2.75) is 12.0 Å². The normalized spacial score (nSPS) is 14.9. The number of pyridine rings is 1. The predicted molar refractivity (Wildman–Crippen MR) is 216 cm³/mol. The highest BCUT2D eigenvalue weighted by Crippen LogP contribution is 2.45. The molecule has 1 aliphatic rings. The van der Waals surface area contributed by atoms with E-state index in [1.807, 2.05) is 133 Å². The van der Waals surface area contributed by atoms with Crippen LogP contribution < -0.4 is 10.6 Å². The molecule has 2 atom stereocenters. The lowest BCUT2D eigenvalue weighted by Gasteiger charge is -2.30. The number of aliphatic hydroxyl groups is 1. The summed E-state index contributed by atoms with van der Waals surface area (Å²) in [5.41, 5.74) is 5.16. The topological polar surface area (TPSA) is 112 Å². The number of amides is 2. The van der Waals surface area contributed by atoms with Crippen molar-refractivity contribution in [2.24, 2.45) is 0 Å². The lowest BCUT2D eigenvalue weighted by molar-refractivity contribution is 0.101. The number of rotatable bonds is 6. The molecule has 0 fully saturated rings. The highest BCUT2D eigenvalue weighted by molar-refractivity contribution is 6.15. The van der Waals surface area contributed by atoms with Crippen LogP contribution in [0.2, 0.25) is 0 Å². The van der Waals surface area contributed by atoms with Crippen molar-refractivity contribution in [3.05, 3.63) is 186 Å². The zero-order valence-electron chi connectivity index (χ0n) is 28.9. The van der Waals surface area contributed by atoms with Gasteiger partial charge in [0.25, 0.3) is 11.8 Å². The highest BCUT2D eigenvalue weighted by Gasteiger charge is 2.30. The van der Waals surface area contributed by atoms with Crippen LogP contribution in [0.4, 0.5) is 11.4 Å². The lowest BCUT2D eigenvalue weighted by Crippen LogP contribution is -2.24. The fourth-order valence-corrected chi connectivity index (χ4v) is 7.74. The number of benzene rings is 7. The van der Waals surface area contributed by atoms with Gasteiger partial charge in [0.2, 0.25) is 0 Å². The zero-order chi connectivity index (χ0) is 36.8. The first-order valence-corrected chi connectivity index (χ1v) is 17.7. The fourth-order valence-electron chi connectivity index (χ4n) is 7.74. The Morgan fingerprint density at radius 3 is 1.78 bits per heavy atom. The molecule has 7 heteroatoms. The average Bonchev–Trinajstić information content (AvgIpc) is 3.21. The zero-order valence-corrected chi connectivity index (χ0v) is 28.9. The fraction of sp³-hybridized carbons (Fsp3) is 0.0426. The van der Waals surface area contributed by atoms with Crippen molar-refractivity contribution in [1.82, 2.24) is 4.98 Å². The Labute approximate surface area is 310 Å². The molecule has 2 unspecified atom stereocenters. The summed E-state index contributed by atoms with van der Waals surface area (Å²) in [6, 6.07) is 47.3. The first-order valence-electron chi connectivity index (χ1n) is 17.7. The maximum atomic E-state index is 14.0. The minimum Gasteiger partial charge on any atom is -0.507 e. The molecule has 1 aliphatic carbocycles. The van der Waals surface area contributed by atoms with Crippen molar-refractivity contribution >= 4 is 61.6 Å². The smallest absolute Gasteiger partial charge is 0.274 e. The summed E-state index contributed by atoms with van der Waals surface area (Å²) < 4.78 is 0.